The second kappa shape index (κ2) is 7.17. The first-order chi connectivity index (χ1) is 7.25. The lowest BCUT2D eigenvalue weighted by Gasteiger charge is -2.26. The minimum Gasteiger partial charge on any atom is -0.383 e. The van der Waals surface area contributed by atoms with E-state index in [4.69, 9.17) is 9.47 Å². The van der Waals surface area contributed by atoms with Crippen LogP contribution in [-0.2, 0) is 9.47 Å². The van der Waals surface area contributed by atoms with Crippen LogP contribution in [0.15, 0.2) is 0 Å². The van der Waals surface area contributed by atoms with Gasteiger partial charge in [0, 0.05) is 39.4 Å². The Morgan fingerprint density at radius 2 is 2.27 bits per heavy atom. The monoisotopic (exact) mass is 216 g/mol. The molecule has 1 aliphatic rings. The SMILES string of the molecule is COCCNCCN(C)C1CCOC1C. The molecule has 1 rings (SSSR count). The summed E-state index contributed by atoms with van der Waals surface area (Å²) in [6, 6.07) is 0.592. The summed E-state index contributed by atoms with van der Waals surface area (Å²) in [6.07, 6.45) is 1.55. The zero-order valence-electron chi connectivity index (χ0n) is 10.2. The Bertz CT molecular complexity index is 167. The minimum atomic E-state index is 0.383. The van der Waals surface area contributed by atoms with Gasteiger partial charge in [0.05, 0.1) is 12.7 Å². The zero-order chi connectivity index (χ0) is 11.1. The van der Waals surface area contributed by atoms with Crippen LogP contribution in [0.4, 0.5) is 0 Å². The third-order valence-corrected chi connectivity index (χ3v) is 3.03. The molecule has 15 heavy (non-hydrogen) atoms. The van der Waals surface area contributed by atoms with Gasteiger partial charge in [-0.15, -0.1) is 0 Å². The van der Waals surface area contributed by atoms with Gasteiger partial charge in [0.2, 0.25) is 0 Å². The Balaban J connectivity index is 2.05. The molecule has 4 nitrogen and oxygen atoms in total. The van der Waals surface area contributed by atoms with E-state index >= 15 is 0 Å². The molecule has 0 aliphatic carbocycles. The summed E-state index contributed by atoms with van der Waals surface area (Å²) in [5.41, 5.74) is 0. The Hall–Kier alpha value is -0.160. The molecule has 90 valence electrons. The highest BCUT2D eigenvalue weighted by Gasteiger charge is 2.27. The molecule has 0 amide bonds. The largest absolute Gasteiger partial charge is 0.383 e. The van der Waals surface area contributed by atoms with E-state index in [1.54, 1.807) is 7.11 Å². The first-order valence-corrected chi connectivity index (χ1v) is 5.77. The second-order valence-corrected chi connectivity index (χ2v) is 4.16. The van der Waals surface area contributed by atoms with E-state index in [2.05, 4.69) is 24.2 Å². The van der Waals surface area contributed by atoms with Crippen LogP contribution in [0, 0.1) is 0 Å². The van der Waals surface area contributed by atoms with Crippen LogP contribution < -0.4 is 5.32 Å². The van der Waals surface area contributed by atoms with E-state index in [0.717, 1.165) is 39.3 Å². The van der Waals surface area contributed by atoms with E-state index < -0.39 is 0 Å². The number of rotatable bonds is 7. The van der Waals surface area contributed by atoms with Crippen LogP contribution in [0.2, 0.25) is 0 Å². The number of ether oxygens (including phenoxy) is 2. The molecule has 1 aliphatic heterocycles. The summed E-state index contributed by atoms with van der Waals surface area (Å²) in [7, 11) is 3.90. The molecule has 1 saturated heterocycles. The van der Waals surface area contributed by atoms with Crippen LogP contribution in [0.1, 0.15) is 13.3 Å². The highest BCUT2D eigenvalue weighted by Crippen LogP contribution is 2.17. The van der Waals surface area contributed by atoms with Crippen molar-refractivity contribution < 1.29 is 9.47 Å². The predicted molar refractivity (Wildman–Crippen MR) is 61.2 cm³/mol. The summed E-state index contributed by atoms with van der Waals surface area (Å²) >= 11 is 0. The lowest BCUT2D eigenvalue weighted by molar-refractivity contribution is 0.0838. The number of likely N-dealkylation sites (N-methyl/N-ethyl adjacent to an activating group) is 1. The molecule has 0 bridgehead atoms. The molecule has 0 spiro atoms. The van der Waals surface area contributed by atoms with Gasteiger partial charge in [-0.05, 0) is 20.4 Å². The van der Waals surface area contributed by atoms with Crippen LogP contribution in [0.5, 0.6) is 0 Å². The first-order valence-electron chi connectivity index (χ1n) is 5.77. The van der Waals surface area contributed by atoms with Crippen molar-refractivity contribution in [2.24, 2.45) is 0 Å². The lowest BCUT2D eigenvalue weighted by atomic mass is 10.1. The van der Waals surface area contributed by atoms with Gasteiger partial charge in [0.15, 0.2) is 0 Å². The number of hydrogen-bond donors (Lipinski definition) is 1. The second-order valence-electron chi connectivity index (χ2n) is 4.16. The van der Waals surface area contributed by atoms with Gasteiger partial charge in [-0.1, -0.05) is 0 Å². The average molecular weight is 216 g/mol. The maximum Gasteiger partial charge on any atom is 0.0702 e. The molecule has 1 fully saturated rings. The third kappa shape index (κ3) is 4.47. The Morgan fingerprint density at radius 3 is 2.87 bits per heavy atom. The molecule has 0 radical (unpaired) electrons. The van der Waals surface area contributed by atoms with Crippen LogP contribution in [0.3, 0.4) is 0 Å². The summed E-state index contributed by atoms with van der Waals surface area (Å²) in [5.74, 6) is 0. The molecule has 4 heteroatoms. The van der Waals surface area contributed by atoms with Crippen molar-refractivity contribution in [2.45, 2.75) is 25.5 Å². The van der Waals surface area contributed by atoms with E-state index in [9.17, 15) is 0 Å². The van der Waals surface area contributed by atoms with Gasteiger partial charge < -0.3 is 14.8 Å². The van der Waals surface area contributed by atoms with E-state index in [-0.39, 0.29) is 0 Å². The number of methoxy groups -OCH3 is 1. The molecule has 0 saturated carbocycles. The minimum absolute atomic E-state index is 0.383. The summed E-state index contributed by atoms with van der Waals surface area (Å²) < 4.78 is 10.5. The van der Waals surface area contributed by atoms with E-state index in [1.165, 1.54) is 0 Å². The van der Waals surface area contributed by atoms with Crippen molar-refractivity contribution in [3.63, 3.8) is 0 Å². The third-order valence-electron chi connectivity index (χ3n) is 3.03. The van der Waals surface area contributed by atoms with Crippen molar-refractivity contribution in [3.05, 3.63) is 0 Å². The normalized spacial score (nSPS) is 26.4. The first kappa shape index (κ1) is 12.9. The molecule has 2 unspecified atom stereocenters. The van der Waals surface area contributed by atoms with Crippen LogP contribution in [0.25, 0.3) is 0 Å². The highest BCUT2D eigenvalue weighted by atomic mass is 16.5. The molecule has 0 aromatic heterocycles. The predicted octanol–water partition coefficient (Wildman–Crippen LogP) is 0.332. The van der Waals surface area contributed by atoms with Crippen LogP contribution in [-0.4, -0.2) is 64.1 Å². The molecule has 0 aromatic rings. The fourth-order valence-corrected chi connectivity index (χ4v) is 2.02. The zero-order valence-corrected chi connectivity index (χ0v) is 10.2. The van der Waals surface area contributed by atoms with Crippen molar-refractivity contribution >= 4 is 0 Å². The summed E-state index contributed by atoms with van der Waals surface area (Å²) in [6.45, 7) is 6.87. The number of hydrogen-bond acceptors (Lipinski definition) is 4. The van der Waals surface area contributed by atoms with Crippen molar-refractivity contribution in [1.29, 1.82) is 0 Å². The average Bonchev–Trinajstić information content (AvgIpc) is 2.64. The topological polar surface area (TPSA) is 33.7 Å². The lowest BCUT2D eigenvalue weighted by Crippen LogP contribution is -2.40. The van der Waals surface area contributed by atoms with Gasteiger partial charge in [-0.2, -0.15) is 0 Å². The smallest absolute Gasteiger partial charge is 0.0702 e. The van der Waals surface area contributed by atoms with Gasteiger partial charge in [0.1, 0.15) is 0 Å². The molecule has 2 atom stereocenters. The molecule has 1 N–H and O–H groups in total. The van der Waals surface area contributed by atoms with Crippen LogP contribution >= 0.6 is 0 Å². The maximum atomic E-state index is 5.55. The number of nitrogens with zero attached hydrogens (tertiary/aromatic N) is 1. The van der Waals surface area contributed by atoms with Crippen molar-refractivity contribution in [2.75, 3.05) is 47.0 Å². The van der Waals surface area contributed by atoms with Crippen molar-refractivity contribution in [1.82, 2.24) is 10.2 Å². The quantitative estimate of drug-likeness (QED) is 0.622. The maximum absolute atomic E-state index is 5.55. The fraction of sp³-hybridized carbons (Fsp3) is 1.00. The van der Waals surface area contributed by atoms with Gasteiger partial charge in [-0.25, -0.2) is 0 Å². The Kier molecular flexibility index (Phi) is 6.17. The summed E-state index contributed by atoms with van der Waals surface area (Å²) in [5, 5.41) is 3.35. The highest BCUT2D eigenvalue weighted by molar-refractivity contribution is 4.80. The Labute approximate surface area is 92.9 Å². The van der Waals surface area contributed by atoms with Crippen molar-refractivity contribution in [3.8, 4) is 0 Å². The van der Waals surface area contributed by atoms with Gasteiger partial charge in [0.25, 0.3) is 0 Å². The van der Waals surface area contributed by atoms with E-state index in [1.807, 2.05) is 0 Å². The molecule has 1 heterocycles. The number of nitrogens with one attached hydrogen (secondary N) is 1. The molecular weight excluding hydrogens is 192 g/mol. The standard InChI is InChI=1S/C11H24N2O2/c1-10-11(4-8-15-10)13(2)7-5-12-6-9-14-3/h10-12H,4-9H2,1-3H3. The van der Waals surface area contributed by atoms with E-state index in [0.29, 0.717) is 12.1 Å². The fourth-order valence-electron chi connectivity index (χ4n) is 2.02. The summed E-state index contributed by atoms with van der Waals surface area (Å²) in [4.78, 5) is 2.39. The van der Waals surface area contributed by atoms with Gasteiger partial charge in [-0.3, -0.25) is 4.90 Å². The van der Waals surface area contributed by atoms with Gasteiger partial charge >= 0.3 is 0 Å². The molecule has 0 aromatic carbocycles. The molecular formula is C11H24N2O2. The Morgan fingerprint density at radius 1 is 1.47 bits per heavy atom.